The third-order valence-corrected chi connectivity index (χ3v) is 3.32. The first-order valence-electron chi connectivity index (χ1n) is 6.41. The Morgan fingerprint density at radius 1 is 1.28 bits per heavy atom. The quantitative estimate of drug-likeness (QED) is 0.846. The summed E-state index contributed by atoms with van der Waals surface area (Å²) < 4.78 is 0. The average Bonchev–Trinajstić information content (AvgIpc) is 2.46. The fourth-order valence-corrected chi connectivity index (χ4v) is 2.33. The molecule has 1 saturated heterocycles. The molecular formula is C15H17N3. The zero-order chi connectivity index (χ0) is 12.2. The molecule has 1 aromatic carbocycles. The summed E-state index contributed by atoms with van der Waals surface area (Å²) in [6, 6.07) is 8.30. The molecule has 0 amide bonds. The van der Waals surface area contributed by atoms with Crippen molar-refractivity contribution in [2.75, 3.05) is 18.4 Å². The van der Waals surface area contributed by atoms with E-state index in [1.807, 2.05) is 12.4 Å². The number of hydrogen-bond donors (Lipinski definition) is 2. The van der Waals surface area contributed by atoms with Gasteiger partial charge in [-0.05, 0) is 37.1 Å². The summed E-state index contributed by atoms with van der Waals surface area (Å²) in [6.07, 6.45) is 8.29. The van der Waals surface area contributed by atoms with E-state index in [1.54, 1.807) is 0 Å². The van der Waals surface area contributed by atoms with E-state index < -0.39 is 0 Å². The third kappa shape index (κ3) is 2.36. The maximum absolute atomic E-state index is 4.15. The molecule has 2 aromatic rings. The van der Waals surface area contributed by atoms with Gasteiger partial charge in [0.05, 0.1) is 0 Å². The van der Waals surface area contributed by atoms with Crippen molar-refractivity contribution in [3.63, 3.8) is 0 Å². The highest BCUT2D eigenvalue weighted by atomic mass is 14.9. The summed E-state index contributed by atoms with van der Waals surface area (Å²) in [5.74, 6) is 0. The molecule has 3 nitrogen and oxygen atoms in total. The summed E-state index contributed by atoms with van der Waals surface area (Å²) in [7, 11) is 0. The zero-order valence-electron chi connectivity index (χ0n) is 10.3. The lowest BCUT2D eigenvalue weighted by molar-refractivity contribution is 0.609. The van der Waals surface area contributed by atoms with Gasteiger partial charge in [0.15, 0.2) is 0 Å². The summed E-state index contributed by atoms with van der Waals surface area (Å²) in [6.45, 7) is 2.14. The molecule has 0 unspecified atom stereocenters. The van der Waals surface area contributed by atoms with E-state index in [-0.39, 0.29) is 0 Å². The second-order valence-electron chi connectivity index (χ2n) is 4.63. The van der Waals surface area contributed by atoms with Crippen molar-refractivity contribution in [2.45, 2.75) is 12.8 Å². The standard InChI is InChI=1S/C15H17N3/c1-4-13-11-17-8-6-14(13)15(5-1)18-10-12-3-2-7-16-9-12/h1,4-6,8,10-11,16,18H,2-3,7,9H2/b12-10-. The second-order valence-corrected chi connectivity index (χ2v) is 4.63. The van der Waals surface area contributed by atoms with Crippen molar-refractivity contribution in [3.05, 3.63) is 48.4 Å². The number of aromatic nitrogens is 1. The van der Waals surface area contributed by atoms with Gasteiger partial charge in [-0.15, -0.1) is 0 Å². The van der Waals surface area contributed by atoms with Crippen molar-refractivity contribution in [1.82, 2.24) is 10.3 Å². The van der Waals surface area contributed by atoms with Crippen LogP contribution in [0.2, 0.25) is 0 Å². The number of fused-ring (bicyclic) bond motifs is 1. The molecule has 0 aliphatic carbocycles. The maximum atomic E-state index is 4.15. The van der Waals surface area contributed by atoms with Gasteiger partial charge in [-0.2, -0.15) is 0 Å². The van der Waals surface area contributed by atoms with Crippen LogP contribution in [0.4, 0.5) is 5.69 Å². The molecule has 0 radical (unpaired) electrons. The van der Waals surface area contributed by atoms with E-state index in [0.717, 1.165) is 18.8 Å². The van der Waals surface area contributed by atoms with Crippen LogP contribution in [0.3, 0.4) is 0 Å². The Kier molecular flexibility index (Phi) is 3.24. The molecule has 3 heteroatoms. The van der Waals surface area contributed by atoms with Gasteiger partial charge in [0.1, 0.15) is 0 Å². The van der Waals surface area contributed by atoms with Crippen LogP contribution in [0.15, 0.2) is 48.4 Å². The lowest BCUT2D eigenvalue weighted by Crippen LogP contribution is -2.24. The van der Waals surface area contributed by atoms with Crippen LogP contribution in [0.1, 0.15) is 12.8 Å². The summed E-state index contributed by atoms with van der Waals surface area (Å²) in [5.41, 5.74) is 2.58. The molecule has 1 fully saturated rings. The van der Waals surface area contributed by atoms with Gasteiger partial charge in [-0.3, -0.25) is 4.98 Å². The summed E-state index contributed by atoms with van der Waals surface area (Å²) >= 11 is 0. The average molecular weight is 239 g/mol. The van der Waals surface area contributed by atoms with E-state index in [2.05, 4.69) is 46.1 Å². The second kappa shape index (κ2) is 5.19. The highest BCUT2D eigenvalue weighted by Gasteiger charge is 2.04. The van der Waals surface area contributed by atoms with Crippen molar-refractivity contribution in [2.24, 2.45) is 0 Å². The van der Waals surface area contributed by atoms with Crippen LogP contribution in [0, 0.1) is 0 Å². The smallest absolute Gasteiger partial charge is 0.0460 e. The zero-order valence-corrected chi connectivity index (χ0v) is 10.3. The predicted octanol–water partition coefficient (Wildman–Crippen LogP) is 2.91. The van der Waals surface area contributed by atoms with Crippen LogP contribution in [0.5, 0.6) is 0 Å². The number of piperidine rings is 1. The van der Waals surface area contributed by atoms with E-state index in [4.69, 9.17) is 0 Å². The lowest BCUT2D eigenvalue weighted by atomic mass is 10.1. The topological polar surface area (TPSA) is 37.0 Å². The molecule has 0 bridgehead atoms. The summed E-state index contributed by atoms with van der Waals surface area (Å²) in [4.78, 5) is 4.15. The molecule has 0 atom stereocenters. The minimum atomic E-state index is 0.999. The highest BCUT2D eigenvalue weighted by Crippen LogP contribution is 2.22. The van der Waals surface area contributed by atoms with Crippen LogP contribution >= 0.6 is 0 Å². The monoisotopic (exact) mass is 239 g/mol. The van der Waals surface area contributed by atoms with Crippen molar-refractivity contribution >= 4 is 16.5 Å². The van der Waals surface area contributed by atoms with Gasteiger partial charge in [0.2, 0.25) is 0 Å². The van der Waals surface area contributed by atoms with Gasteiger partial charge in [-0.25, -0.2) is 0 Å². The first-order chi connectivity index (χ1) is 8.93. The van der Waals surface area contributed by atoms with Gasteiger partial charge in [0, 0.05) is 41.6 Å². The molecule has 1 aliphatic heterocycles. The molecule has 3 rings (SSSR count). The number of anilines is 1. The SMILES string of the molecule is C(/Nc1cccc2cnccc12)=C1\CCCNC1. The Hall–Kier alpha value is -1.87. The van der Waals surface area contributed by atoms with E-state index >= 15 is 0 Å². The van der Waals surface area contributed by atoms with Gasteiger partial charge < -0.3 is 10.6 Å². The first kappa shape index (κ1) is 11.2. The van der Waals surface area contributed by atoms with Gasteiger partial charge in [-0.1, -0.05) is 12.1 Å². The van der Waals surface area contributed by atoms with Gasteiger partial charge >= 0.3 is 0 Å². The third-order valence-electron chi connectivity index (χ3n) is 3.32. The van der Waals surface area contributed by atoms with Gasteiger partial charge in [0.25, 0.3) is 0 Å². The number of nitrogens with zero attached hydrogens (tertiary/aromatic N) is 1. The van der Waals surface area contributed by atoms with E-state index in [0.29, 0.717) is 0 Å². The highest BCUT2D eigenvalue weighted by molar-refractivity contribution is 5.93. The van der Waals surface area contributed by atoms with Crippen molar-refractivity contribution < 1.29 is 0 Å². The van der Waals surface area contributed by atoms with Crippen LogP contribution in [-0.4, -0.2) is 18.1 Å². The molecule has 92 valence electrons. The Labute approximate surface area is 107 Å². The maximum Gasteiger partial charge on any atom is 0.0460 e. The van der Waals surface area contributed by atoms with Crippen LogP contribution in [0.25, 0.3) is 10.8 Å². The Bertz CT molecular complexity index is 561. The van der Waals surface area contributed by atoms with Crippen LogP contribution < -0.4 is 10.6 Å². The molecule has 1 aliphatic rings. The fourth-order valence-electron chi connectivity index (χ4n) is 2.33. The first-order valence-corrected chi connectivity index (χ1v) is 6.41. The summed E-state index contributed by atoms with van der Waals surface area (Å²) in [5, 5.41) is 9.20. The van der Waals surface area contributed by atoms with E-state index in [9.17, 15) is 0 Å². The number of benzene rings is 1. The Morgan fingerprint density at radius 3 is 3.17 bits per heavy atom. The molecule has 0 saturated carbocycles. The van der Waals surface area contributed by atoms with Crippen LogP contribution in [-0.2, 0) is 0 Å². The molecule has 1 aromatic heterocycles. The number of nitrogens with one attached hydrogen (secondary N) is 2. The fraction of sp³-hybridized carbons (Fsp3) is 0.267. The molecule has 2 N–H and O–H groups in total. The minimum Gasteiger partial charge on any atom is -0.361 e. The molecule has 0 spiro atoms. The predicted molar refractivity (Wildman–Crippen MR) is 75.6 cm³/mol. The number of rotatable bonds is 2. The molecular weight excluding hydrogens is 222 g/mol. The van der Waals surface area contributed by atoms with Crippen molar-refractivity contribution in [3.8, 4) is 0 Å². The number of hydrogen-bond acceptors (Lipinski definition) is 3. The van der Waals surface area contributed by atoms with Crippen molar-refractivity contribution in [1.29, 1.82) is 0 Å². The lowest BCUT2D eigenvalue weighted by Gasteiger charge is -2.16. The Morgan fingerprint density at radius 2 is 2.28 bits per heavy atom. The number of pyridine rings is 1. The molecule has 18 heavy (non-hydrogen) atoms. The molecule has 2 heterocycles. The largest absolute Gasteiger partial charge is 0.361 e. The Balaban J connectivity index is 1.86. The van der Waals surface area contributed by atoms with E-state index in [1.165, 1.54) is 29.2 Å². The minimum absolute atomic E-state index is 0.999. The normalized spacial score (nSPS) is 18.1.